The van der Waals surface area contributed by atoms with Gasteiger partial charge in [-0.1, -0.05) is 54.6 Å². The van der Waals surface area contributed by atoms with Crippen molar-refractivity contribution in [2.24, 2.45) is 0 Å². The van der Waals surface area contributed by atoms with Crippen LogP contribution in [0.1, 0.15) is 46.8 Å². The molecule has 0 N–H and O–H groups in total. The molecule has 1 atom stereocenters. The number of nitrogens with zero attached hydrogens (tertiary/aromatic N) is 3. The SMILES string of the molecule is CC1(c2ccccc2)N(Cc2ccccc2F)C(=O)OC12CCN(C(=O)c1cccc(C#N)c1)CC2. The van der Waals surface area contributed by atoms with E-state index in [0.717, 1.165) is 5.56 Å². The van der Waals surface area contributed by atoms with E-state index in [9.17, 15) is 19.2 Å². The number of benzene rings is 3. The molecule has 2 fully saturated rings. The minimum Gasteiger partial charge on any atom is -0.440 e. The molecule has 7 heteroatoms. The zero-order valence-corrected chi connectivity index (χ0v) is 20.0. The summed E-state index contributed by atoms with van der Waals surface area (Å²) in [5, 5.41) is 9.18. The first-order chi connectivity index (χ1) is 17.4. The summed E-state index contributed by atoms with van der Waals surface area (Å²) >= 11 is 0. The molecular formula is C29H26FN3O3. The number of piperidine rings is 1. The van der Waals surface area contributed by atoms with Gasteiger partial charge < -0.3 is 9.64 Å². The van der Waals surface area contributed by atoms with Crippen LogP contribution in [0.3, 0.4) is 0 Å². The van der Waals surface area contributed by atoms with Crippen molar-refractivity contribution in [2.75, 3.05) is 13.1 Å². The Labute approximate surface area is 209 Å². The molecule has 6 nitrogen and oxygen atoms in total. The fourth-order valence-corrected chi connectivity index (χ4v) is 5.52. The fourth-order valence-electron chi connectivity index (χ4n) is 5.52. The third-order valence-corrected chi connectivity index (χ3v) is 7.65. The van der Waals surface area contributed by atoms with Gasteiger partial charge in [0.25, 0.3) is 5.91 Å². The lowest BCUT2D eigenvalue weighted by atomic mass is 9.70. The number of nitriles is 1. The van der Waals surface area contributed by atoms with Crippen LogP contribution >= 0.6 is 0 Å². The van der Waals surface area contributed by atoms with Gasteiger partial charge in [0, 0.05) is 37.1 Å². The highest BCUT2D eigenvalue weighted by Gasteiger charge is 2.63. The van der Waals surface area contributed by atoms with E-state index < -0.39 is 17.2 Å². The average molecular weight is 484 g/mol. The molecule has 2 heterocycles. The Morgan fingerprint density at radius 2 is 1.72 bits per heavy atom. The second-order valence-electron chi connectivity index (χ2n) is 9.46. The number of carbonyl (C=O) groups excluding carboxylic acids is 2. The lowest BCUT2D eigenvalue weighted by Crippen LogP contribution is -2.58. The summed E-state index contributed by atoms with van der Waals surface area (Å²) in [7, 11) is 0. The Kier molecular flexibility index (Phi) is 5.97. The Hall–Kier alpha value is -4.18. The minimum atomic E-state index is -0.887. The highest BCUT2D eigenvalue weighted by atomic mass is 19.1. The Morgan fingerprint density at radius 1 is 1.03 bits per heavy atom. The van der Waals surface area contributed by atoms with Gasteiger partial charge in [-0.15, -0.1) is 0 Å². The topological polar surface area (TPSA) is 73.6 Å². The van der Waals surface area contributed by atoms with Gasteiger partial charge in [0.2, 0.25) is 0 Å². The summed E-state index contributed by atoms with van der Waals surface area (Å²) in [6.07, 6.45) is 0.370. The maximum absolute atomic E-state index is 14.6. The third-order valence-electron chi connectivity index (χ3n) is 7.65. The van der Waals surface area contributed by atoms with Gasteiger partial charge in [0.1, 0.15) is 17.0 Å². The molecule has 3 aromatic carbocycles. The van der Waals surface area contributed by atoms with Gasteiger partial charge in [-0.3, -0.25) is 9.69 Å². The van der Waals surface area contributed by atoms with Crippen LogP contribution < -0.4 is 0 Å². The summed E-state index contributed by atoms with van der Waals surface area (Å²) in [5.41, 5.74) is 0.443. The molecule has 0 aromatic heterocycles. The number of likely N-dealkylation sites (tertiary alicyclic amines) is 1. The van der Waals surface area contributed by atoms with Crippen LogP contribution in [0.25, 0.3) is 0 Å². The third kappa shape index (κ3) is 3.79. The lowest BCUT2D eigenvalue weighted by molar-refractivity contribution is -0.0552. The van der Waals surface area contributed by atoms with Crippen molar-refractivity contribution >= 4 is 12.0 Å². The molecule has 182 valence electrons. The van der Waals surface area contributed by atoms with Gasteiger partial charge in [-0.2, -0.15) is 5.26 Å². The largest absolute Gasteiger partial charge is 0.440 e. The number of hydrogen-bond acceptors (Lipinski definition) is 4. The summed E-state index contributed by atoms with van der Waals surface area (Å²) in [6.45, 7) is 2.82. The molecule has 2 aliphatic heterocycles. The second-order valence-corrected chi connectivity index (χ2v) is 9.46. The summed E-state index contributed by atoms with van der Waals surface area (Å²) in [6, 6.07) is 24.8. The van der Waals surface area contributed by atoms with E-state index in [0.29, 0.717) is 42.6 Å². The zero-order valence-electron chi connectivity index (χ0n) is 20.0. The van der Waals surface area contributed by atoms with Crippen molar-refractivity contribution in [3.8, 4) is 6.07 Å². The molecule has 2 amide bonds. The minimum absolute atomic E-state index is 0.0717. The van der Waals surface area contributed by atoms with E-state index in [1.165, 1.54) is 6.07 Å². The zero-order chi connectivity index (χ0) is 25.3. The van der Waals surface area contributed by atoms with Crippen molar-refractivity contribution in [3.05, 3.63) is 107 Å². The average Bonchev–Trinajstić information content (AvgIpc) is 3.12. The Balaban J connectivity index is 1.46. The van der Waals surface area contributed by atoms with E-state index in [2.05, 4.69) is 6.07 Å². The smallest absolute Gasteiger partial charge is 0.411 e. The molecule has 0 aliphatic carbocycles. The number of rotatable bonds is 4. The van der Waals surface area contributed by atoms with E-state index in [-0.39, 0.29) is 18.3 Å². The van der Waals surface area contributed by atoms with Gasteiger partial charge in [0.15, 0.2) is 0 Å². The van der Waals surface area contributed by atoms with Crippen molar-refractivity contribution in [1.82, 2.24) is 9.80 Å². The Bertz CT molecular complexity index is 1350. The van der Waals surface area contributed by atoms with Gasteiger partial charge in [-0.25, -0.2) is 9.18 Å². The molecule has 3 aromatic rings. The first-order valence-electron chi connectivity index (χ1n) is 12.0. The summed E-state index contributed by atoms with van der Waals surface area (Å²) in [4.78, 5) is 29.9. The predicted molar refractivity (Wildman–Crippen MR) is 131 cm³/mol. The van der Waals surface area contributed by atoms with E-state index in [1.807, 2.05) is 37.3 Å². The maximum atomic E-state index is 14.6. The first-order valence-corrected chi connectivity index (χ1v) is 12.0. The number of carbonyl (C=O) groups is 2. The van der Waals surface area contributed by atoms with Crippen LogP contribution in [0.5, 0.6) is 0 Å². The molecule has 1 unspecified atom stereocenters. The van der Waals surface area contributed by atoms with Crippen LogP contribution in [0.4, 0.5) is 9.18 Å². The van der Waals surface area contributed by atoms with Gasteiger partial charge >= 0.3 is 6.09 Å². The Morgan fingerprint density at radius 3 is 2.42 bits per heavy atom. The van der Waals surface area contributed by atoms with Crippen LogP contribution in [0, 0.1) is 17.1 Å². The molecule has 36 heavy (non-hydrogen) atoms. The number of hydrogen-bond donors (Lipinski definition) is 0. The van der Waals surface area contributed by atoms with Gasteiger partial charge in [-0.05, 0) is 36.8 Å². The molecule has 0 radical (unpaired) electrons. The van der Waals surface area contributed by atoms with Crippen LogP contribution in [0.15, 0.2) is 78.9 Å². The number of ether oxygens (including phenoxy) is 1. The fraction of sp³-hybridized carbons (Fsp3) is 0.276. The molecule has 2 saturated heterocycles. The summed E-state index contributed by atoms with van der Waals surface area (Å²) < 4.78 is 20.7. The maximum Gasteiger partial charge on any atom is 0.411 e. The van der Waals surface area contributed by atoms with Gasteiger partial charge in [0.05, 0.1) is 18.2 Å². The second kappa shape index (κ2) is 9.12. The lowest BCUT2D eigenvalue weighted by Gasteiger charge is -2.48. The molecule has 1 spiro atoms. The number of amides is 2. The standard InChI is InChI=1S/C29H26FN3O3/c1-28(24-11-3-2-4-12-24)29(36-27(35)33(28)20-23-9-5-6-13-25(23)30)14-16-32(17-15-29)26(34)22-10-7-8-21(18-22)19-31/h2-13,18H,14-17,20H2,1H3. The molecular weight excluding hydrogens is 457 g/mol. The molecule has 0 bridgehead atoms. The normalized spacial score (nSPS) is 20.8. The molecule has 2 aliphatic rings. The van der Waals surface area contributed by atoms with Crippen molar-refractivity contribution < 1.29 is 18.7 Å². The van der Waals surface area contributed by atoms with E-state index in [1.54, 1.807) is 52.3 Å². The molecule has 5 rings (SSSR count). The van der Waals surface area contributed by atoms with Crippen molar-refractivity contribution in [3.63, 3.8) is 0 Å². The van der Waals surface area contributed by atoms with E-state index >= 15 is 0 Å². The molecule has 0 saturated carbocycles. The highest BCUT2D eigenvalue weighted by Crippen LogP contribution is 2.52. The van der Waals surface area contributed by atoms with Crippen molar-refractivity contribution in [2.45, 2.75) is 37.5 Å². The highest BCUT2D eigenvalue weighted by molar-refractivity contribution is 5.94. The van der Waals surface area contributed by atoms with Crippen LogP contribution in [-0.2, 0) is 16.8 Å². The van der Waals surface area contributed by atoms with Crippen LogP contribution in [0.2, 0.25) is 0 Å². The quantitative estimate of drug-likeness (QED) is 0.509. The van der Waals surface area contributed by atoms with E-state index in [4.69, 9.17) is 4.74 Å². The first kappa shape index (κ1) is 23.6. The predicted octanol–water partition coefficient (Wildman–Crippen LogP) is 5.24. The van der Waals surface area contributed by atoms with Crippen LogP contribution in [-0.4, -0.2) is 40.5 Å². The van der Waals surface area contributed by atoms with Crippen molar-refractivity contribution in [1.29, 1.82) is 5.26 Å². The monoisotopic (exact) mass is 483 g/mol. The summed E-state index contributed by atoms with van der Waals surface area (Å²) in [5.74, 6) is -0.530. The number of halogens is 1.